The van der Waals surface area contributed by atoms with Crippen LogP contribution in [0, 0.1) is 5.82 Å². The summed E-state index contributed by atoms with van der Waals surface area (Å²) in [5.41, 5.74) is 1.93. The standard InChI is InChI=1S/C21H24ClFN4O2/c1-27(2)16-6-3-5-14(11-16)20(28)26-21(24-13-17-7-4-10-29-17)25-15-8-9-19(23)18(22)12-15/h3,5-6,8-9,11-12,17H,4,7,10,13H2,1-2H3,(H2,24,25,26,28)/t17-/m0/s1. The Bertz CT molecular complexity index is 898. The topological polar surface area (TPSA) is 66.0 Å². The van der Waals surface area contributed by atoms with Gasteiger partial charge in [-0.1, -0.05) is 17.7 Å². The fourth-order valence-corrected chi connectivity index (χ4v) is 3.09. The molecule has 1 aliphatic heterocycles. The van der Waals surface area contributed by atoms with Gasteiger partial charge in [0.25, 0.3) is 5.91 Å². The van der Waals surface area contributed by atoms with Crippen molar-refractivity contribution in [3.05, 3.63) is 58.9 Å². The predicted molar refractivity (Wildman–Crippen MR) is 115 cm³/mol. The first kappa shape index (κ1) is 21.1. The van der Waals surface area contributed by atoms with E-state index in [1.165, 1.54) is 18.2 Å². The van der Waals surface area contributed by atoms with Crippen molar-refractivity contribution in [1.82, 2.24) is 5.32 Å². The van der Waals surface area contributed by atoms with Gasteiger partial charge in [0.1, 0.15) is 5.82 Å². The second-order valence-electron chi connectivity index (χ2n) is 6.98. The molecule has 0 aromatic heterocycles. The Labute approximate surface area is 174 Å². The molecular formula is C21H24ClFN4O2. The lowest BCUT2D eigenvalue weighted by Crippen LogP contribution is -2.36. The van der Waals surface area contributed by atoms with Crippen molar-refractivity contribution in [1.29, 1.82) is 0 Å². The molecule has 0 radical (unpaired) electrons. The number of guanidine groups is 1. The average Bonchev–Trinajstić information content (AvgIpc) is 3.22. The largest absolute Gasteiger partial charge is 0.378 e. The van der Waals surface area contributed by atoms with Crippen LogP contribution < -0.4 is 15.5 Å². The van der Waals surface area contributed by atoms with Gasteiger partial charge in [-0.3, -0.25) is 10.1 Å². The van der Waals surface area contributed by atoms with Gasteiger partial charge in [0.05, 0.1) is 17.7 Å². The van der Waals surface area contributed by atoms with E-state index in [1.54, 1.807) is 12.1 Å². The molecule has 2 aromatic rings. The Kier molecular flexibility index (Phi) is 7.06. The van der Waals surface area contributed by atoms with Crippen LogP contribution in [-0.2, 0) is 4.74 Å². The first-order chi connectivity index (χ1) is 13.9. The van der Waals surface area contributed by atoms with Crippen LogP contribution in [0.1, 0.15) is 23.2 Å². The normalized spacial score (nSPS) is 16.6. The third kappa shape index (κ3) is 5.92. The van der Waals surface area contributed by atoms with Gasteiger partial charge in [-0.05, 0) is 49.2 Å². The van der Waals surface area contributed by atoms with Crippen LogP contribution in [0.5, 0.6) is 0 Å². The molecule has 29 heavy (non-hydrogen) atoms. The Morgan fingerprint density at radius 3 is 2.83 bits per heavy atom. The molecule has 0 unspecified atom stereocenters. The molecule has 1 fully saturated rings. The van der Waals surface area contributed by atoms with E-state index in [-0.39, 0.29) is 23.0 Å². The maximum atomic E-state index is 13.4. The number of hydrogen-bond acceptors (Lipinski definition) is 4. The second-order valence-corrected chi connectivity index (χ2v) is 7.38. The minimum Gasteiger partial charge on any atom is -0.378 e. The summed E-state index contributed by atoms with van der Waals surface area (Å²) in [6.07, 6.45) is 1.95. The molecule has 2 N–H and O–H groups in total. The van der Waals surface area contributed by atoms with Crippen LogP contribution in [0.15, 0.2) is 47.5 Å². The van der Waals surface area contributed by atoms with Gasteiger partial charge in [0.15, 0.2) is 0 Å². The van der Waals surface area contributed by atoms with Crippen LogP contribution in [0.2, 0.25) is 5.02 Å². The number of hydrogen-bond donors (Lipinski definition) is 2. The molecule has 1 atom stereocenters. The SMILES string of the molecule is CN(C)c1cccc(C(=O)NC(=NC[C@@H]2CCCO2)Nc2ccc(F)c(Cl)c2)c1. The summed E-state index contributed by atoms with van der Waals surface area (Å²) in [4.78, 5) is 19.2. The van der Waals surface area contributed by atoms with Gasteiger partial charge in [0, 0.05) is 37.6 Å². The Morgan fingerprint density at radius 1 is 1.31 bits per heavy atom. The van der Waals surface area contributed by atoms with Crippen molar-refractivity contribution < 1.29 is 13.9 Å². The highest BCUT2D eigenvalue weighted by atomic mass is 35.5. The van der Waals surface area contributed by atoms with E-state index in [2.05, 4.69) is 15.6 Å². The lowest BCUT2D eigenvalue weighted by atomic mass is 10.2. The number of benzene rings is 2. The number of rotatable bonds is 5. The van der Waals surface area contributed by atoms with Crippen molar-refractivity contribution in [2.75, 3.05) is 37.5 Å². The average molecular weight is 419 g/mol. The zero-order chi connectivity index (χ0) is 20.8. The van der Waals surface area contributed by atoms with Crippen molar-refractivity contribution in [2.24, 2.45) is 4.99 Å². The number of nitrogens with zero attached hydrogens (tertiary/aromatic N) is 2. The molecule has 8 heteroatoms. The summed E-state index contributed by atoms with van der Waals surface area (Å²) in [5.74, 6) is -0.566. The van der Waals surface area contributed by atoms with E-state index in [1.807, 2.05) is 31.1 Å². The summed E-state index contributed by atoms with van der Waals surface area (Å²) in [7, 11) is 3.82. The first-order valence-electron chi connectivity index (χ1n) is 9.39. The Morgan fingerprint density at radius 2 is 2.14 bits per heavy atom. The third-order valence-corrected chi connectivity index (χ3v) is 4.81. The van der Waals surface area contributed by atoms with Gasteiger partial charge >= 0.3 is 0 Å². The zero-order valence-electron chi connectivity index (χ0n) is 16.4. The van der Waals surface area contributed by atoms with E-state index in [9.17, 15) is 9.18 Å². The van der Waals surface area contributed by atoms with Gasteiger partial charge in [0.2, 0.25) is 5.96 Å². The molecule has 3 rings (SSSR count). The minimum atomic E-state index is -0.514. The molecule has 154 valence electrons. The number of carbonyl (C=O) groups excluding carboxylic acids is 1. The summed E-state index contributed by atoms with van der Waals surface area (Å²) in [5, 5.41) is 5.79. The van der Waals surface area contributed by atoms with Crippen LogP contribution in [0.25, 0.3) is 0 Å². The number of halogens is 2. The summed E-state index contributed by atoms with van der Waals surface area (Å²) in [6, 6.07) is 11.5. The van der Waals surface area contributed by atoms with Gasteiger partial charge in [-0.2, -0.15) is 0 Å². The zero-order valence-corrected chi connectivity index (χ0v) is 17.2. The third-order valence-electron chi connectivity index (χ3n) is 4.52. The fraction of sp³-hybridized carbons (Fsp3) is 0.333. The summed E-state index contributed by atoms with van der Waals surface area (Å²) < 4.78 is 19.0. The lowest BCUT2D eigenvalue weighted by Gasteiger charge is -2.15. The number of anilines is 2. The fourth-order valence-electron chi connectivity index (χ4n) is 2.91. The van der Waals surface area contributed by atoms with Gasteiger partial charge in [-0.15, -0.1) is 0 Å². The van der Waals surface area contributed by atoms with Crippen molar-refractivity contribution in [3.8, 4) is 0 Å². The van der Waals surface area contributed by atoms with E-state index < -0.39 is 5.82 Å². The smallest absolute Gasteiger partial charge is 0.258 e. The number of carbonyl (C=O) groups is 1. The Balaban J connectivity index is 1.78. The molecule has 1 heterocycles. The highest BCUT2D eigenvalue weighted by Crippen LogP contribution is 2.20. The molecule has 1 amide bonds. The molecule has 6 nitrogen and oxygen atoms in total. The molecule has 0 bridgehead atoms. The van der Waals surface area contributed by atoms with Crippen LogP contribution >= 0.6 is 11.6 Å². The summed E-state index contributed by atoms with van der Waals surface area (Å²) >= 11 is 5.86. The van der Waals surface area contributed by atoms with Crippen molar-refractivity contribution >= 4 is 34.8 Å². The molecular weight excluding hydrogens is 395 g/mol. The van der Waals surface area contributed by atoms with E-state index in [0.29, 0.717) is 17.8 Å². The lowest BCUT2D eigenvalue weighted by molar-refractivity contribution is 0.0975. The maximum Gasteiger partial charge on any atom is 0.258 e. The van der Waals surface area contributed by atoms with E-state index in [4.69, 9.17) is 16.3 Å². The quantitative estimate of drug-likeness (QED) is 0.570. The predicted octanol–water partition coefficient (Wildman–Crippen LogP) is 3.92. The van der Waals surface area contributed by atoms with E-state index in [0.717, 1.165) is 25.1 Å². The molecule has 2 aromatic carbocycles. The highest BCUT2D eigenvalue weighted by Gasteiger charge is 2.16. The molecule has 1 saturated heterocycles. The van der Waals surface area contributed by atoms with Crippen LogP contribution in [0.4, 0.5) is 15.8 Å². The molecule has 0 spiro atoms. The number of ether oxygens (including phenoxy) is 1. The minimum absolute atomic E-state index is 0.0153. The van der Waals surface area contributed by atoms with Crippen molar-refractivity contribution in [3.63, 3.8) is 0 Å². The second kappa shape index (κ2) is 9.71. The molecule has 0 aliphatic carbocycles. The van der Waals surface area contributed by atoms with Gasteiger partial charge in [-0.25, -0.2) is 9.38 Å². The van der Waals surface area contributed by atoms with Crippen LogP contribution in [-0.4, -0.2) is 45.2 Å². The van der Waals surface area contributed by atoms with Gasteiger partial charge < -0.3 is 15.0 Å². The van der Waals surface area contributed by atoms with E-state index >= 15 is 0 Å². The molecule has 1 aliphatic rings. The Hall–Kier alpha value is -2.64. The monoisotopic (exact) mass is 418 g/mol. The van der Waals surface area contributed by atoms with Crippen LogP contribution in [0.3, 0.4) is 0 Å². The number of nitrogens with one attached hydrogen (secondary N) is 2. The number of amides is 1. The summed E-state index contributed by atoms with van der Waals surface area (Å²) in [6.45, 7) is 1.13. The number of aliphatic imine (C=N–C) groups is 1. The first-order valence-corrected chi connectivity index (χ1v) is 9.77. The van der Waals surface area contributed by atoms with Crippen molar-refractivity contribution in [2.45, 2.75) is 18.9 Å². The molecule has 0 saturated carbocycles. The maximum absolute atomic E-state index is 13.4. The highest BCUT2D eigenvalue weighted by molar-refractivity contribution is 6.31.